The molecule has 1 heterocycles. The highest BCUT2D eigenvalue weighted by Crippen LogP contribution is 2.19. The van der Waals surface area contributed by atoms with E-state index in [1.54, 1.807) is 0 Å². The van der Waals surface area contributed by atoms with Crippen LogP contribution in [0.4, 0.5) is 0 Å². The van der Waals surface area contributed by atoms with E-state index in [2.05, 4.69) is 25.9 Å². The molecule has 2 heteroatoms. The quantitative estimate of drug-likeness (QED) is 0.577. The first-order chi connectivity index (χ1) is 4.75. The summed E-state index contributed by atoms with van der Waals surface area (Å²) in [6.45, 7) is 6.40. The van der Waals surface area contributed by atoms with Crippen molar-refractivity contribution in [2.75, 3.05) is 0 Å². The predicted molar refractivity (Wildman–Crippen MR) is 42.1 cm³/mol. The summed E-state index contributed by atoms with van der Waals surface area (Å²) in [6.07, 6.45) is 2.55. The Balaban J connectivity index is 2.46. The maximum Gasteiger partial charge on any atom is 0.132 e. The molecule has 10 heavy (non-hydrogen) atoms. The zero-order valence-corrected chi connectivity index (χ0v) is 6.92. The van der Waals surface area contributed by atoms with Gasteiger partial charge in [-0.3, -0.25) is 0 Å². The van der Waals surface area contributed by atoms with E-state index in [9.17, 15) is 0 Å². The van der Waals surface area contributed by atoms with Crippen molar-refractivity contribution in [3.05, 3.63) is 0 Å². The molecular weight excluding hydrogens is 126 g/mol. The molecular formula is C8H15NO. The normalized spacial score (nSPS) is 31.7. The van der Waals surface area contributed by atoms with Crippen molar-refractivity contribution < 1.29 is 4.84 Å². The first-order valence-electron chi connectivity index (χ1n) is 3.98. The standard InChI is InChI=1S/C8H15NO/c1-4-5-8-6(2)7(3)10-9-8/h6-7H,4-5H2,1-3H3. The molecule has 0 aromatic rings. The Morgan fingerprint density at radius 1 is 1.50 bits per heavy atom. The summed E-state index contributed by atoms with van der Waals surface area (Å²) < 4.78 is 0. The molecule has 0 saturated carbocycles. The Labute approximate surface area is 62.3 Å². The Morgan fingerprint density at radius 3 is 2.60 bits per heavy atom. The lowest BCUT2D eigenvalue weighted by Crippen LogP contribution is -2.16. The molecule has 58 valence electrons. The van der Waals surface area contributed by atoms with Gasteiger partial charge in [-0.1, -0.05) is 25.4 Å². The molecule has 1 aliphatic heterocycles. The van der Waals surface area contributed by atoms with Gasteiger partial charge >= 0.3 is 0 Å². The van der Waals surface area contributed by atoms with Crippen LogP contribution in [0.5, 0.6) is 0 Å². The Hall–Kier alpha value is -0.530. The van der Waals surface area contributed by atoms with Gasteiger partial charge < -0.3 is 4.84 Å². The summed E-state index contributed by atoms with van der Waals surface area (Å²) in [5.41, 5.74) is 1.23. The summed E-state index contributed by atoms with van der Waals surface area (Å²) in [5.74, 6) is 0.528. The van der Waals surface area contributed by atoms with Crippen molar-refractivity contribution in [3.63, 3.8) is 0 Å². The molecule has 2 atom stereocenters. The third kappa shape index (κ3) is 1.31. The van der Waals surface area contributed by atoms with Crippen LogP contribution < -0.4 is 0 Å². The van der Waals surface area contributed by atoms with E-state index in [4.69, 9.17) is 4.84 Å². The smallest absolute Gasteiger partial charge is 0.132 e. The molecule has 0 aliphatic carbocycles. The summed E-state index contributed by atoms with van der Waals surface area (Å²) in [4.78, 5) is 5.12. The Morgan fingerprint density at radius 2 is 2.20 bits per heavy atom. The van der Waals surface area contributed by atoms with E-state index < -0.39 is 0 Å². The van der Waals surface area contributed by atoms with Crippen molar-refractivity contribution in [2.24, 2.45) is 11.1 Å². The minimum atomic E-state index is 0.293. The highest BCUT2D eigenvalue weighted by molar-refractivity contribution is 5.87. The van der Waals surface area contributed by atoms with Gasteiger partial charge in [0.1, 0.15) is 6.10 Å². The summed E-state index contributed by atoms with van der Waals surface area (Å²) in [6, 6.07) is 0. The van der Waals surface area contributed by atoms with Crippen molar-refractivity contribution in [1.29, 1.82) is 0 Å². The van der Waals surface area contributed by atoms with Crippen LogP contribution in [0.2, 0.25) is 0 Å². The van der Waals surface area contributed by atoms with Crippen molar-refractivity contribution in [1.82, 2.24) is 0 Å². The second-order valence-corrected chi connectivity index (χ2v) is 2.93. The van der Waals surface area contributed by atoms with Gasteiger partial charge in [0.05, 0.1) is 5.71 Å². The van der Waals surface area contributed by atoms with E-state index in [1.165, 1.54) is 12.1 Å². The van der Waals surface area contributed by atoms with Crippen LogP contribution in [0.15, 0.2) is 5.16 Å². The minimum Gasteiger partial charge on any atom is -0.392 e. The fourth-order valence-corrected chi connectivity index (χ4v) is 1.13. The maximum atomic E-state index is 5.12. The second-order valence-electron chi connectivity index (χ2n) is 2.93. The molecule has 0 spiro atoms. The molecule has 1 rings (SSSR count). The molecule has 2 unspecified atom stereocenters. The van der Waals surface area contributed by atoms with Crippen LogP contribution in [-0.4, -0.2) is 11.8 Å². The van der Waals surface area contributed by atoms with Gasteiger partial charge in [0.15, 0.2) is 0 Å². The average molecular weight is 141 g/mol. The van der Waals surface area contributed by atoms with E-state index in [0.29, 0.717) is 12.0 Å². The van der Waals surface area contributed by atoms with Crippen molar-refractivity contribution in [3.8, 4) is 0 Å². The highest BCUT2D eigenvalue weighted by atomic mass is 16.6. The number of oxime groups is 1. The molecule has 0 bridgehead atoms. The van der Waals surface area contributed by atoms with E-state index in [1.807, 2.05) is 0 Å². The van der Waals surface area contributed by atoms with Gasteiger partial charge in [0.25, 0.3) is 0 Å². The second kappa shape index (κ2) is 3.04. The predicted octanol–water partition coefficient (Wildman–Crippen LogP) is 2.20. The van der Waals surface area contributed by atoms with E-state index in [-0.39, 0.29) is 0 Å². The number of hydrogen-bond donors (Lipinski definition) is 0. The first-order valence-corrected chi connectivity index (χ1v) is 3.98. The van der Waals surface area contributed by atoms with Gasteiger partial charge in [-0.2, -0.15) is 0 Å². The zero-order chi connectivity index (χ0) is 7.56. The van der Waals surface area contributed by atoms with Crippen LogP contribution in [0.1, 0.15) is 33.6 Å². The average Bonchev–Trinajstić information content (AvgIpc) is 2.20. The minimum absolute atomic E-state index is 0.293. The molecule has 0 fully saturated rings. The van der Waals surface area contributed by atoms with Gasteiger partial charge in [-0.05, 0) is 13.3 Å². The monoisotopic (exact) mass is 141 g/mol. The summed E-state index contributed by atoms with van der Waals surface area (Å²) in [7, 11) is 0. The zero-order valence-electron chi connectivity index (χ0n) is 6.92. The molecule has 0 amide bonds. The van der Waals surface area contributed by atoms with Crippen LogP contribution in [0, 0.1) is 5.92 Å². The molecule has 0 aromatic heterocycles. The topological polar surface area (TPSA) is 21.6 Å². The fourth-order valence-electron chi connectivity index (χ4n) is 1.13. The van der Waals surface area contributed by atoms with Crippen LogP contribution >= 0.6 is 0 Å². The lowest BCUT2D eigenvalue weighted by atomic mass is 9.98. The van der Waals surface area contributed by atoms with E-state index in [0.717, 1.165) is 6.42 Å². The number of nitrogens with zero attached hydrogens (tertiary/aromatic N) is 1. The van der Waals surface area contributed by atoms with Gasteiger partial charge in [-0.25, -0.2) is 0 Å². The van der Waals surface area contributed by atoms with Gasteiger partial charge in [0.2, 0.25) is 0 Å². The first kappa shape index (κ1) is 7.58. The number of rotatable bonds is 2. The third-order valence-corrected chi connectivity index (χ3v) is 2.07. The molecule has 0 radical (unpaired) electrons. The number of hydrogen-bond acceptors (Lipinski definition) is 2. The molecule has 0 aromatic carbocycles. The van der Waals surface area contributed by atoms with Crippen LogP contribution in [-0.2, 0) is 4.84 Å². The van der Waals surface area contributed by atoms with Crippen LogP contribution in [0.3, 0.4) is 0 Å². The molecule has 0 saturated heterocycles. The lowest BCUT2D eigenvalue weighted by Gasteiger charge is -2.07. The van der Waals surface area contributed by atoms with Gasteiger partial charge in [-0.15, -0.1) is 0 Å². The maximum absolute atomic E-state index is 5.12. The summed E-state index contributed by atoms with van der Waals surface area (Å²) in [5, 5.41) is 4.00. The van der Waals surface area contributed by atoms with Crippen molar-refractivity contribution >= 4 is 5.71 Å². The molecule has 1 aliphatic rings. The van der Waals surface area contributed by atoms with Crippen LogP contribution in [0.25, 0.3) is 0 Å². The highest BCUT2D eigenvalue weighted by Gasteiger charge is 2.24. The summed E-state index contributed by atoms with van der Waals surface area (Å²) >= 11 is 0. The fraction of sp³-hybridized carbons (Fsp3) is 0.875. The van der Waals surface area contributed by atoms with Crippen molar-refractivity contribution in [2.45, 2.75) is 39.7 Å². The Bertz CT molecular complexity index is 142. The SMILES string of the molecule is CCCC1=NOC(C)C1C. The Kier molecular flexibility index (Phi) is 2.30. The third-order valence-electron chi connectivity index (χ3n) is 2.07. The van der Waals surface area contributed by atoms with E-state index >= 15 is 0 Å². The lowest BCUT2D eigenvalue weighted by molar-refractivity contribution is 0.0799. The molecule has 2 nitrogen and oxygen atoms in total. The molecule has 0 N–H and O–H groups in total. The largest absolute Gasteiger partial charge is 0.392 e. The van der Waals surface area contributed by atoms with Gasteiger partial charge in [0, 0.05) is 5.92 Å².